The van der Waals surface area contributed by atoms with Crippen molar-refractivity contribution in [3.63, 3.8) is 0 Å². The Kier molecular flexibility index (Phi) is 2.50. The van der Waals surface area contributed by atoms with Gasteiger partial charge in [0.2, 0.25) is 5.16 Å². The second-order valence-electron chi connectivity index (χ2n) is 1.97. The summed E-state index contributed by atoms with van der Waals surface area (Å²) in [6, 6.07) is 0. The van der Waals surface area contributed by atoms with E-state index in [9.17, 15) is 0 Å². The molecule has 2 aromatic rings. The van der Waals surface area contributed by atoms with Gasteiger partial charge in [0.05, 0.1) is 4.47 Å². The zero-order valence-corrected chi connectivity index (χ0v) is 8.58. The molecule has 0 fully saturated rings. The van der Waals surface area contributed by atoms with Crippen LogP contribution in [0.1, 0.15) is 0 Å². The zero-order valence-electron chi connectivity index (χ0n) is 6.18. The number of aromatic nitrogens is 6. The average molecular weight is 259 g/mol. The number of H-pyrrole nitrogens is 1. The van der Waals surface area contributed by atoms with E-state index in [1.807, 2.05) is 0 Å². The number of nitrogens with zero attached hydrogens (tertiary/aromatic N) is 5. The molecule has 0 aromatic carbocycles. The average Bonchev–Trinajstić information content (AvgIpc) is 2.61. The Bertz CT molecular complexity index is 390. The standard InChI is InChI=1S/C5H3BrN6S/c6-3-1-7-2-8-4(3)13-5-9-11-12-10-5/h1-2H,(H,9,10,11,12). The molecule has 0 aliphatic carbocycles. The first kappa shape index (κ1) is 8.57. The molecule has 66 valence electrons. The van der Waals surface area contributed by atoms with Crippen LogP contribution in [0.2, 0.25) is 0 Å². The second kappa shape index (κ2) is 3.79. The molecule has 8 heteroatoms. The molecule has 6 nitrogen and oxygen atoms in total. The summed E-state index contributed by atoms with van der Waals surface area (Å²) in [6.45, 7) is 0. The molecular formula is C5H3BrN6S. The Labute approximate surface area is 85.7 Å². The fraction of sp³-hybridized carbons (Fsp3) is 0. The van der Waals surface area contributed by atoms with Crippen molar-refractivity contribution in [2.45, 2.75) is 10.2 Å². The Morgan fingerprint density at radius 2 is 2.38 bits per heavy atom. The number of nitrogens with one attached hydrogen (secondary N) is 1. The van der Waals surface area contributed by atoms with E-state index >= 15 is 0 Å². The third-order valence-corrected chi connectivity index (χ3v) is 2.86. The summed E-state index contributed by atoms with van der Waals surface area (Å²) >= 11 is 4.62. The Morgan fingerprint density at radius 3 is 3.08 bits per heavy atom. The van der Waals surface area contributed by atoms with Crippen LogP contribution in [-0.2, 0) is 0 Å². The smallest absolute Gasteiger partial charge is 0.237 e. The molecule has 0 bridgehead atoms. The predicted octanol–water partition coefficient (Wildman–Crippen LogP) is 0.903. The third-order valence-electron chi connectivity index (χ3n) is 1.15. The summed E-state index contributed by atoms with van der Waals surface area (Å²) in [7, 11) is 0. The third kappa shape index (κ3) is 2.01. The van der Waals surface area contributed by atoms with Crippen LogP contribution in [-0.4, -0.2) is 30.6 Å². The summed E-state index contributed by atoms with van der Waals surface area (Å²) in [5, 5.41) is 14.7. The highest BCUT2D eigenvalue weighted by Crippen LogP contribution is 2.27. The molecule has 2 heterocycles. The number of hydrogen-bond donors (Lipinski definition) is 1. The van der Waals surface area contributed by atoms with Gasteiger partial charge >= 0.3 is 0 Å². The zero-order chi connectivity index (χ0) is 9.10. The minimum Gasteiger partial charge on any atom is -0.244 e. The van der Waals surface area contributed by atoms with E-state index in [0.717, 1.165) is 9.50 Å². The van der Waals surface area contributed by atoms with Gasteiger partial charge in [0.1, 0.15) is 11.4 Å². The van der Waals surface area contributed by atoms with Crippen LogP contribution in [0, 0.1) is 0 Å². The van der Waals surface area contributed by atoms with E-state index in [2.05, 4.69) is 46.5 Å². The van der Waals surface area contributed by atoms with E-state index in [1.165, 1.54) is 18.1 Å². The number of hydrogen-bond acceptors (Lipinski definition) is 6. The molecule has 2 aromatic heterocycles. The molecule has 0 unspecified atom stereocenters. The first-order chi connectivity index (χ1) is 6.36. The lowest BCUT2D eigenvalue weighted by Crippen LogP contribution is -1.84. The Morgan fingerprint density at radius 1 is 1.46 bits per heavy atom. The SMILES string of the molecule is Brc1cncnc1Sc1nn[nH]n1. The van der Waals surface area contributed by atoms with Gasteiger partial charge in [-0.2, -0.15) is 5.21 Å². The van der Waals surface area contributed by atoms with Gasteiger partial charge in [-0.05, 0) is 32.9 Å². The van der Waals surface area contributed by atoms with E-state index in [4.69, 9.17) is 0 Å². The van der Waals surface area contributed by atoms with Gasteiger partial charge in [0, 0.05) is 6.20 Å². The summed E-state index contributed by atoms with van der Waals surface area (Å²) in [4.78, 5) is 7.88. The normalized spacial score (nSPS) is 10.2. The molecule has 0 spiro atoms. The van der Waals surface area contributed by atoms with Gasteiger partial charge in [0.15, 0.2) is 0 Å². The molecule has 0 saturated heterocycles. The Hall–Kier alpha value is -1.02. The van der Waals surface area contributed by atoms with Crippen molar-refractivity contribution in [3.8, 4) is 0 Å². The highest BCUT2D eigenvalue weighted by molar-refractivity contribution is 9.10. The molecule has 13 heavy (non-hydrogen) atoms. The van der Waals surface area contributed by atoms with Crippen molar-refractivity contribution in [1.82, 2.24) is 30.6 Å². The molecule has 2 rings (SSSR count). The minimum atomic E-state index is 0.527. The van der Waals surface area contributed by atoms with E-state index in [-0.39, 0.29) is 0 Å². The predicted molar refractivity (Wildman–Crippen MR) is 48.0 cm³/mol. The first-order valence-corrected chi connectivity index (χ1v) is 4.84. The first-order valence-electron chi connectivity index (χ1n) is 3.23. The highest BCUT2D eigenvalue weighted by atomic mass is 79.9. The van der Waals surface area contributed by atoms with E-state index < -0.39 is 0 Å². The highest BCUT2D eigenvalue weighted by Gasteiger charge is 2.06. The van der Waals surface area contributed by atoms with Crippen molar-refractivity contribution >= 4 is 27.7 Å². The van der Waals surface area contributed by atoms with Crippen LogP contribution in [0.5, 0.6) is 0 Å². The van der Waals surface area contributed by atoms with Crippen molar-refractivity contribution in [1.29, 1.82) is 0 Å². The van der Waals surface area contributed by atoms with Gasteiger partial charge in [-0.25, -0.2) is 9.97 Å². The fourth-order valence-electron chi connectivity index (χ4n) is 0.659. The number of halogens is 1. The summed E-state index contributed by atoms with van der Waals surface area (Å²) in [6.07, 6.45) is 3.13. The quantitative estimate of drug-likeness (QED) is 0.807. The van der Waals surface area contributed by atoms with Crippen LogP contribution >= 0.6 is 27.7 Å². The largest absolute Gasteiger partial charge is 0.244 e. The maximum atomic E-state index is 4.04. The van der Waals surface area contributed by atoms with Crippen LogP contribution in [0.3, 0.4) is 0 Å². The van der Waals surface area contributed by atoms with Crippen LogP contribution in [0.25, 0.3) is 0 Å². The molecule has 0 atom stereocenters. The van der Waals surface area contributed by atoms with Crippen molar-refractivity contribution in [2.75, 3.05) is 0 Å². The maximum Gasteiger partial charge on any atom is 0.237 e. The van der Waals surface area contributed by atoms with Gasteiger partial charge in [-0.3, -0.25) is 0 Å². The molecule has 0 aliphatic rings. The summed E-state index contributed by atoms with van der Waals surface area (Å²) in [5.41, 5.74) is 0. The molecule has 0 amide bonds. The molecule has 1 N–H and O–H groups in total. The van der Waals surface area contributed by atoms with Crippen LogP contribution in [0.4, 0.5) is 0 Å². The molecule has 0 saturated carbocycles. The summed E-state index contributed by atoms with van der Waals surface area (Å²) in [5.74, 6) is 0. The van der Waals surface area contributed by atoms with Gasteiger partial charge in [-0.1, -0.05) is 0 Å². The fourth-order valence-corrected chi connectivity index (χ4v) is 1.71. The number of rotatable bonds is 2. The molecular weight excluding hydrogens is 256 g/mol. The van der Waals surface area contributed by atoms with Crippen molar-refractivity contribution < 1.29 is 0 Å². The van der Waals surface area contributed by atoms with Gasteiger partial charge in [-0.15, -0.1) is 10.2 Å². The lowest BCUT2D eigenvalue weighted by molar-refractivity contribution is 0.881. The van der Waals surface area contributed by atoms with Gasteiger partial charge in [0.25, 0.3) is 0 Å². The molecule has 0 aliphatic heterocycles. The topological polar surface area (TPSA) is 80.2 Å². The van der Waals surface area contributed by atoms with E-state index in [1.54, 1.807) is 6.20 Å². The van der Waals surface area contributed by atoms with Crippen molar-refractivity contribution in [2.24, 2.45) is 0 Å². The Balaban J connectivity index is 2.24. The lowest BCUT2D eigenvalue weighted by Gasteiger charge is -1.96. The summed E-state index contributed by atoms with van der Waals surface area (Å²) < 4.78 is 0.810. The lowest BCUT2D eigenvalue weighted by atomic mass is 10.7. The number of aromatic amines is 1. The van der Waals surface area contributed by atoms with Gasteiger partial charge < -0.3 is 0 Å². The number of tetrazole rings is 1. The van der Waals surface area contributed by atoms with Crippen LogP contribution in [0.15, 0.2) is 27.2 Å². The monoisotopic (exact) mass is 258 g/mol. The minimum absolute atomic E-state index is 0.527. The van der Waals surface area contributed by atoms with Crippen molar-refractivity contribution in [3.05, 3.63) is 17.0 Å². The van der Waals surface area contributed by atoms with Crippen LogP contribution < -0.4 is 0 Å². The van der Waals surface area contributed by atoms with E-state index in [0.29, 0.717) is 5.16 Å². The molecule has 0 radical (unpaired) electrons. The maximum absolute atomic E-state index is 4.04. The second-order valence-corrected chi connectivity index (χ2v) is 3.78.